The van der Waals surface area contributed by atoms with Gasteiger partial charge in [-0.3, -0.25) is 4.90 Å². The van der Waals surface area contributed by atoms with E-state index in [1.165, 1.54) is 17.7 Å². The molecule has 2 heterocycles. The Labute approximate surface area is 170 Å². The Morgan fingerprint density at radius 1 is 1.29 bits per heavy atom. The van der Waals surface area contributed by atoms with Crippen LogP contribution in [-0.4, -0.2) is 28.9 Å². The van der Waals surface area contributed by atoms with Crippen LogP contribution in [0.25, 0.3) is 11.0 Å². The molecule has 3 aromatic rings. The zero-order valence-corrected chi connectivity index (χ0v) is 17.7. The number of hydrogen-bond acceptors (Lipinski definition) is 5. The lowest BCUT2D eigenvalue weighted by Gasteiger charge is -2.21. The summed E-state index contributed by atoms with van der Waals surface area (Å²) in [5.41, 5.74) is 1.67. The Balaban J connectivity index is 1.69. The third kappa shape index (κ3) is 4.30. The Bertz CT molecular complexity index is 1050. The molecule has 0 radical (unpaired) electrons. The number of nitrogens with zero attached hydrogens (tertiary/aromatic N) is 3. The minimum absolute atomic E-state index is 0.115. The van der Waals surface area contributed by atoms with E-state index in [4.69, 9.17) is 10.1 Å². The molecule has 0 saturated heterocycles. The second kappa shape index (κ2) is 7.94. The number of sulfonamides is 1. The minimum Gasteiger partial charge on any atom is -0.327 e. The van der Waals surface area contributed by atoms with E-state index in [-0.39, 0.29) is 4.90 Å². The molecule has 6 nitrogen and oxygen atoms in total. The van der Waals surface area contributed by atoms with Gasteiger partial charge in [-0.25, -0.2) is 18.5 Å². The molecule has 0 atom stereocenters. The van der Waals surface area contributed by atoms with Gasteiger partial charge in [0.1, 0.15) is 5.82 Å². The quantitative estimate of drug-likeness (QED) is 0.574. The minimum atomic E-state index is -3.73. The standard InChI is InChI=1S/C20H26N4O2S2/c1-2-3-10-24-19-9-8-17(28(21,25)26)12-18(19)22-20(24)14-23(15-6-7-15)13-16-5-4-11-27-16/h4-5,8-9,11-12,15H,2-3,6-7,10,13-14H2,1H3,(H2,21,25,26). The first-order valence-electron chi connectivity index (χ1n) is 9.74. The first-order chi connectivity index (χ1) is 13.5. The Kier molecular flexibility index (Phi) is 5.55. The molecule has 1 aliphatic carbocycles. The first-order valence-corrected chi connectivity index (χ1v) is 12.2. The highest BCUT2D eigenvalue weighted by Crippen LogP contribution is 2.31. The SMILES string of the molecule is CCCCn1c(CN(Cc2cccs2)C2CC2)nc2cc(S(N)(=O)=O)ccc21. The molecule has 150 valence electrons. The van der Waals surface area contributed by atoms with Gasteiger partial charge in [-0.15, -0.1) is 11.3 Å². The highest BCUT2D eigenvalue weighted by molar-refractivity contribution is 7.89. The van der Waals surface area contributed by atoms with Crippen molar-refractivity contribution in [2.45, 2.75) is 63.2 Å². The smallest absolute Gasteiger partial charge is 0.238 e. The fourth-order valence-corrected chi connectivity index (χ4v) is 4.82. The predicted molar refractivity (Wildman–Crippen MR) is 113 cm³/mol. The predicted octanol–water partition coefficient (Wildman–Crippen LogP) is 3.71. The van der Waals surface area contributed by atoms with E-state index in [0.717, 1.165) is 43.8 Å². The molecule has 2 N–H and O–H groups in total. The summed E-state index contributed by atoms with van der Waals surface area (Å²) in [7, 11) is -3.73. The van der Waals surface area contributed by atoms with Crippen LogP contribution in [0, 0.1) is 0 Å². The van der Waals surface area contributed by atoms with Gasteiger partial charge >= 0.3 is 0 Å². The van der Waals surface area contributed by atoms with Gasteiger partial charge in [0, 0.05) is 24.0 Å². The number of imidazole rings is 1. The molecular formula is C20H26N4O2S2. The highest BCUT2D eigenvalue weighted by atomic mass is 32.2. The second-order valence-corrected chi connectivity index (χ2v) is 10.0. The zero-order valence-electron chi connectivity index (χ0n) is 16.0. The van der Waals surface area contributed by atoms with Gasteiger partial charge in [0.2, 0.25) is 10.0 Å². The van der Waals surface area contributed by atoms with Crippen molar-refractivity contribution in [2.75, 3.05) is 0 Å². The molecule has 0 amide bonds. The summed E-state index contributed by atoms with van der Waals surface area (Å²) in [4.78, 5) is 8.80. The van der Waals surface area contributed by atoms with Crippen LogP contribution in [0.5, 0.6) is 0 Å². The van der Waals surface area contributed by atoms with Gasteiger partial charge in [-0.1, -0.05) is 19.4 Å². The lowest BCUT2D eigenvalue weighted by molar-refractivity contribution is 0.238. The number of nitrogens with two attached hydrogens (primary N) is 1. The van der Waals surface area contributed by atoms with E-state index in [1.54, 1.807) is 23.5 Å². The van der Waals surface area contributed by atoms with Gasteiger partial charge in [0.05, 0.1) is 22.5 Å². The van der Waals surface area contributed by atoms with Crippen LogP contribution in [0.1, 0.15) is 43.3 Å². The number of aryl methyl sites for hydroxylation is 1. The van der Waals surface area contributed by atoms with Crippen LogP contribution in [0.15, 0.2) is 40.6 Å². The average molecular weight is 419 g/mol. The maximum atomic E-state index is 11.7. The first kappa shape index (κ1) is 19.6. The molecule has 0 bridgehead atoms. The number of unbranched alkanes of at least 4 members (excludes halogenated alkanes) is 1. The Hall–Kier alpha value is -1.74. The van der Waals surface area contributed by atoms with E-state index < -0.39 is 10.0 Å². The number of rotatable bonds is 9. The molecule has 1 fully saturated rings. The number of aromatic nitrogens is 2. The summed E-state index contributed by atoms with van der Waals surface area (Å²) in [6.07, 6.45) is 4.62. The largest absolute Gasteiger partial charge is 0.327 e. The van der Waals surface area contributed by atoms with Crippen LogP contribution in [0.3, 0.4) is 0 Å². The van der Waals surface area contributed by atoms with Gasteiger partial charge < -0.3 is 4.57 Å². The second-order valence-electron chi connectivity index (χ2n) is 7.44. The number of fused-ring (bicyclic) bond motifs is 1. The van der Waals surface area contributed by atoms with E-state index in [9.17, 15) is 8.42 Å². The van der Waals surface area contributed by atoms with Gasteiger partial charge in [0.25, 0.3) is 0 Å². The van der Waals surface area contributed by atoms with Crippen LogP contribution in [0.2, 0.25) is 0 Å². The third-order valence-electron chi connectivity index (χ3n) is 5.21. The number of primary sulfonamides is 1. The van der Waals surface area contributed by atoms with E-state index >= 15 is 0 Å². The molecule has 28 heavy (non-hydrogen) atoms. The topological polar surface area (TPSA) is 81.2 Å². The lowest BCUT2D eigenvalue weighted by Crippen LogP contribution is -2.26. The van der Waals surface area contributed by atoms with Crippen LogP contribution >= 0.6 is 11.3 Å². The van der Waals surface area contributed by atoms with E-state index in [2.05, 4.69) is 33.9 Å². The molecule has 1 aromatic carbocycles. The monoisotopic (exact) mass is 418 g/mol. The van der Waals surface area contributed by atoms with Crippen LogP contribution in [0.4, 0.5) is 0 Å². The molecule has 1 saturated carbocycles. The average Bonchev–Trinajstić information content (AvgIpc) is 3.27. The molecule has 0 aliphatic heterocycles. The van der Waals surface area contributed by atoms with Crippen molar-refractivity contribution >= 4 is 32.4 Å². The van der Waals surface area contributed by atoms with Crippen molar-refractivity contribution in [3.05, 3.63) is 46.4 Å². The molecular weight excluding hydrogens is 392 g/mol. The van der Waals surface area contributed by atoms with Crippen molar-refractivity contribution in [3.8, 4) is 0 Å². The van der Waals surface area contributed by atoms with Gasteiger partial charge in [0.15, 0.2) is 0 Å². The molecule has 0 unspecified atom stereocenters. The third-order valence-corrected chi connectivity index (χ3v) is 6.98. The summed E-state index contributed by atoms with van der Waals surface area (Å²) >= 11 is 1.79. The molecule has 4 rings (SSSR count). The number of benzene rings is 1. The molecule has 2 aromatic heterocycles. The van der Waals surface area contributed by atoms with E-state index in [0.29, 0.717) is 11.6 Å². The van der Waals surface area contributed by atoms with Crippen molar-refractivity contribution in [1.82, 2.24) is 14.5 Å². The number of hydrogen-bond donors (Lipinski definition) is 1. The van der Waals surface area contributed by atoms with E-state index in [1.807, 2.05) is 6.07 Å². The summed E-state index contributed by atoms with van der Waals surface area (Å²) in [6, 6.07) is 9.89. The van der Waals surface area contributed by atoms with Crippen LogP contribution < -0.4 is 5.14 Å². The molecule has 1 aliphatic rings. The number of thiophene rings is 1. The van der Waals surface area contributed by atoms with Crippen molar-refractivity contribution < 1.29 is 8.42 Å². The zero-order chi connectivity index (χ0) is 19.7. The molecule has 0 spiro atoms. The van der Waals surface area contributed by atoms with Crippen molar-refractivity contribution in [3.63, 3.8) is 0 Å². The highest BCUT2D eigenvalue weighted by Gasteiger charge is 2.30. The maximum Gasteiger partial charge on any atom is 0.238 e. The van der Waals surface area contributed by atoms with Gasteiger partial charge in [-0.2, -0.15) is 0 Å². The van der Waals surface area contributed by atoms with Crippen molar-refractivity contribution in [2.24, 2.45) is 5.14 Å². The van der Waals surface area contributed by atoms with Gasteiger partial charge in [-0.05, 0) is 48.9 Å². The lowest BCUT2D eigenvalue weighted by atomic mass is 10.3. The van der Waals surface area contributed by atoms with Crippen molar-refractivity contribution in [1.29, 1.82) is 0 Å². The molecule has 8 heteroatoms. The fourth-order valence-electron chi connectivity index (χ4n) is 3.56. The Morgan fingerprint density at radius 2 is 2.11 bits per heavy atom. The fraction of sp³-hybridized carbons (Fsp3) is 0.450. The summed E-state index contributed by atoms with van der Waals surface area (Å²) < 4.78 is 25.7. The normalized spacial score (nSPS) is 15.0. The summed E-state index contributed by atoms with van der Waals surface area (Å²) in [6.45, 7) is 4.76. The Morgan fingerprint density at radius 3 is 2.75 bits per heavy atom. The maximum absolute atomic E-state index is 11.7. The van der Waals surface area contributed by atoms with Crippen LogP contribution in [-0.2, 0) is 29.7 Å². The summed E-state index contributed by atoms with van der Waals surface area (Å²) in [5.74, 6) is 0.999. The summed E-state index contributed by atoms with van der Waals surface area (Å²) in [5, 5.41) is 7.42.